The van der Waals surface area contributed by atoms with Gasteiger partial charge >= 0.3 is 0 Å². The SMILES string of the molecule is CN=C(NCc1ccc(N2CCC(C)CC2)cc1)NC1CCN(CCOC)CC1.I. The third kappa shape index (κ3) is 7.89. The summed E-state index contributed by atoms with van der Waals surface area (Å²) in [7, 11) is 3.62. The van der Waals surface area contributed by atoms with Crippen molar-refractivity contribution >= 4 is 35.6 Å². The second-order valence-corrected chi connectivity index (χ2v) is 8.51. The number of benzene rings is 1. The molecule has 0 radical (unpaired) electrons. The van der Waals surface area contributed by atoms with E-state index in [2.05, 4.69) is 56.6 Å². The van der Waals surface area contributed by atoms with E-state index in [-0.39, 0.29) is 24.0 Å². The van der Waals surface area contributed by atoms with Crippen LogP contribution in [0.4, 0.5) is 5.69 Å². The molecule has 0 amide bonds. The van der Waals surface area contributed by atoms with Crippen LogP contribution in [0.15, 0.2) is 29.3 Å². The second-order valence-electron chi connectivity index (χ2n) is 8.51. The summed E-state index contributed by atoms with van der Waals surface area (Å²) in [5.41, 5.74) is 2.64. The number of likely N-dealkylation sites (tertiary alicyclic amines) is 1. The molecule has 0 aliphatic carbocycles. The number of hydrogen-bond acceptors (Lipinski definition) is 4. The van der Waals surface area contributed by atoms with Crippen molar-refractivity contribution in [2.45, 2.75) is 45.2 Å². The number of anilines is 1. The van der Waals surface area contributed by atoms with Crippen LogP contribution in [-0.2, 0) is 11.3 Å². The van der Waals surface area contributed by atoms with Crippen molar-refractivity contribution in [2.75, 3.05) is 58.4 Å². The Balaban J connectivity index is 0.00000320. The molecule has 0 saturated carbocycles. The molecule has 2 aliphatic heterocycles. The molecule has 1 aromatic carbocycles. The Kier molecular flexibility index (Phi) is 11.2. The van der Waals surface area contributed by atoms with Gasteiger partial charge in [0, 0.05) is 65.2 Å². The maximum Gasteiger partial charge on any atom is 0.191 e. The molecular weight excluding hydrogens is 489 g/mol. The Morgan fingerprint density at radius 2 is 1.73 bits per heavy atom. The Morgan fingerprint density at radius 3 is 2.33 bits per heavy atom. The molecule has 2 aliphatic rings. The molecule has 0 bridgehead atoms. The number of rotatable bonds is 7. The van der Waals surface area contributed by atoms with Gasteiger partial charge in [0.05, 0.1) is 6.61 Å². The van der Waals surface area contributed by atoms with Crippen LogP contribution in [0, 0.1) is 5.92 Å². The minimum atomic E-state index is 0. The lowest BCUT2D eigenvalue weighted by Gasteiger charge is -2.33. The summed E-state index contributed by atoms with van der Waals surface area (Å²) in [5, 5.41) is 7.07. The lowest BCUT2D eigenvalue weighted by atomic mass is 9.99. The highest BCUT2D eigenvalue weighted by Gasteiger charge is 2.19. The maximum absolute atomic E-state index is 5.18. The Labute approximate surface area is 199 Å². The highest BCUT2D eigenvalue weighted by atomic mass is 127. The summed E-state index contributed by atoms with van der Waals surface area (Å²) < 4.78 is 5.18. The van der Waals surface area contributed by atoms with Crippen LogP contribution in [-0.4, -0.2) is 70.4 Å². The Morgan fingerprint density at radius 1 is 1.07 bits per heavy atom. The predicted octanol–water partition coefficient (Wildman–Crippen LogP) is 3.32. The molecule has 6 nitrogen and oxygen atoms in total. The van der Waals surface area contributed by atoms with E-state index >= 15 is 0 Å². The standard InChI is InChI=1S/C23H39N5O.HI/c1-19-8-14-28(15-9-19)22-6-4-20(5-7-22)18-25-23(24-2)26-21-10-12-27(13-11-21)16-17-29-3;/h4-7,19,21H,8-18H2,1-3H3,(H2,24,25,26);1H. The molecule has 3 rings (SSSR count). The Bertz CT molecular complexity index is 623. The zero-order chi connectivity index (χ0) is 20.5. The summed E-state index contributed by atoms with van der Waals surface area (Å²) in [6, 6.07) is 9.49. The first-order chi connectivity index (χ1) is 14.2. The summed E-state index contributed by atoms with van der Waals surface area (Å²) in [6.45, 7) is 9.60. The van der Waals surface area contributed by atoms with Crippen molar-refractivity contribution in [2.24, 2.45) is 10.9 Å². The summed E-state index contributed by atoms with van der Waals surface area (Å²) >= 11 is 0. The van der Waals surface area contributed by atoms with Gasteiger partial charge < -0.3 is 25.2 Å². The number of halogens is 1. The molecule has 2 heterocycles. The van der Waals surface area contributed by atoms with Gasteiger partial charge in [-0.1, -0.05) is 19.1 Å². The molecule has 2 saturated heterocycles. The zero-order valence-electron chi connectivity index (χ0n) is 18.9. The first-order valence-electron chi connectivity index (χ1n) is 11.2. The van der Waals surface area contributed by atoms with Crippen LogP contribution in [0.3, 0.4) is 0 Å². The molecule has 0 atom stereocenters. The monoisotopic (exact) mass is 529 g/mol. The third-order valence-electron chi connectivity index (χ3n) is 6.31. The second kappa shape index (κ2) is 13.4. The molecule has 7 heteroatoms. The van der Waals surface area contributed by atoms with Crippen molar-refractivity contribution in [1.82, 2.24) is 15.5 Å². The van der Waals surface area contributed by atoms with Crippen molar-refractivity contribution in [3.8, 4) is 0 Å². The minimum Gasteiger partial charge on any atom is -0.383 e. The predicted molar refractivity (Wildman–Crippen MR) is 137 cm³/mol. The number of piperidine rings is 2. The van der Waals surface area contributed by atoms with Crippen molar-refractivity contribution in [3.63, 3.8) is 0 Å². The molecule has 30 heavy (non-hydrogen) atoms. The van der Waals surface area contributed by atoms with Gasteiger partial charge in [-0.3, -0.25) is 4.99 Å². The van der Waals surface area contributed by atoms with Crippen LogP contribution in [0.25, 0.3) is 0 Å². The molecule has 1 aromatic rings. The van der Waals surface area contributed by atoms with Gasteiger partial charge in [0.25, 0.3) is 0 Å². The molecular formula is C23H40IN5O. The summed E-state index contributed by atoms with van der Waals surface area (Å²) in [6.07, 6.45) is 4.90. The van der Waals surface area contributed by atoms with Crippen LogP contribution in [0.5, 0.6) is 0 Å². The van der Waals surface area contributed by atoms with Crippen LogP contribution in [0.2, 0.25) is 0 Å². The van der Waals surface area contributed by atoms with Crippen LogP contribution >= 0.6 is 24.0 Å². The number of nitrogens with zero attached hydrogens (tertiary/aromatic N) is 3. The van der Waals surface area contributed by atoms with Crippen molar-refractivity contribution in [3.05, 3.63) is 29.8 Å². The van der Waals surface area contributed by atoms with Gasteiger partial charge in [-0.25, -0.2) is 0 Å². The van der Waals surface area contributed by atoms with Crippen LogP contribution in [0.1, 0.15) is 38.2 Å². The van der Waals surface area contributed by atoms with Gasteiger partial charge in [-0.15, -0.1) is 24.0 Å². The summed E-state index contributed by atoms with van der Waals surface area (Å²) in [5.74, 6) is 1.76. The van der Waals surface area contributed by atoms with Gasteiger partial charge in [0.15, 0.2) is 5.96 Å². The van der Waals surface area contributed by atoms with Gasteiger partial charge in [0.1, 0.15) is 0 Å². The van der Waals surface area contributed by atoms with Gasteiger partial charge in [0.2, 0.25) is 0 Å². The minimum absolute atomic E-state index is 0. The highest BCUT2D eigenvalue weighted by Crippen LogP contribution is 2.23. The number of aliphatic imine (C=N–C) groups is 1. The van der Waals surface area contributed by atoms with E-state index < -0.39 is 0 Å². The van der Waals surface area contributed by atoms with Gasteiger partial charge in [-0.2, -0.15) is 0 Å². The molecule has 0 unspecified atom stereocenters. The number of ether oxygens (including phenoxy) is 1. The molecule has 2 fully saturated rings. The average Bonchev–Trinajstić information content (AvgIpc) is 2.77. The first kappa shape index (κ1) is 25.2. The van der Waals surface area contributed by atoms with Crippen molar-refractivity contribution in [1.29, 1.82) is 0 Å². The third-order valence-corrected chi connectivity index (χ3v) is 6.31. The number of nitrogens with one attached hydrogen (secondary N) is 2. The van der Waals surface area contributed by atoms with E-state index in [4.69, 9.17) is 4.74 Å². The first-order valence-corrected chi connectivity index (χ1v) is 11.2. The fraction of sp³-hybridized carbons (Fsp3) is 0.696. The Hall–Kier alpha value is -1.06. The van der Waals surface area contributed by atoms with E-state index in [1.54, 1.807) is 7.11 Å². The van der Waals surface area contributed by atoms with Crippen LogP contribution < -0.4 is 15.5 Å². The number of methoxy groups -OCH3 is 1. The van der Waals surface area contributed by atoms with E-state index in [9.17, 15) is 0 Å². The normalized spacial score (nSPS) is 19.4. The fourth-order valence-electron chi connectivity index (χ4n) is 4.19. The molecule has 0 aromatic heterocycles. The topological polar surface area (TPSA) is 52.1 Å². The lowest BCUT2D eigenvalue weighted by molar-refractivity contribution is 0.128. The van der Waals surface area contributed by atoms with Crippen molar-refractivity contribution < 1.29 is 4.74 Å². The van der Waals surface area contributed by atoms with E-state index in [0.29, 0.717) is 6.04 Å². The average molecular weight is 530 g/mol. The molecule has 170 valence electrons. The van der Waals surface area contributed by atoms with E-state index in [0.717, 1.165) is 57.5 Å². The largest absolute Gasteiger partial charge is 0.383 e. The lowest BCUT2D eigenvalue weighted by Crippen LogP contribution is -2.48. The summed E-state index contributed by atoms with van der Waals surface area (Å²) in [4.78, 5) is 9.40. The number of guanidine groups is 1. The molecule has 2 N–H and O–H groups in total. The van der Waals surface area contributed by atoms with E-state index in [1.807, 2.05) is 7.05 Å². The quantitative estimate of drug-likeness (QED) is 0.323. The highest BCUT2D eigenvalue weighted by molar-refractivity contribution is 14.0. The van der Waals surface area contributed by atoms with E-state index in [1.165, 1.54) is 37.2 Å². The zero-order valence-corrected chi connectivity index (χ0v) is 21.2. The molecule has 0 spiro atoms. The smallest absolute Gasteiger partial charge is 0.191 e. The number of hydrogen-bond donors (Lipinski definition) is 2. The maximum atomic E-state index is 5.18. The fourth-order valence-corrected chi connectivity index (χ4v) is 4.19. The van der Waals surface area contributed by atoms with Gasteiger partial charge in [-0.05, 0) is 49.3 Å².